The molecule has 6 heteroatoms. The molecule has 0 radical (unpaired) electrons. The third-order valence-electron chi connectivity index (χ3n) is 3.79. The number of nitriles is 1. The van der Waals surface area contributed by atoms with Crippen molar-refractivity contribution in [3.05, 3.63) is 34.6 Å². The van der Waals surface area contributed by atoms with E-state index in [1.807, 2.05) is 24.3 Å². The van der Waals surface area contributed by atoms with E-state index in [0.717, 1.165) is 36.0 Å². The SMILES string of the molecule is N#CCN1CCC(c2nc(-c3ccccc3Br)no2)CC1. The molecular weight excluding hydrogens is 332 g/mol. The molecule has 1 aromatic carbocycles. The van der Waals surface area contributed by atoms with Gasteiger partial charge in [0.2, 0.25) is 11.7 Å². The average molecular weight is 347 g/mol. The van der Waals surface area contributed by atoms with Crippen LogP contribution >= 0.6 is 15.9 Å². The Morgan fingerprint density at radius 3 is 2.81 bits per heavy atom. The molecule has 2 aromatic rings. The van der Waals surface area contributed by atoms with Crippen molar-refractivity contribution in [1.82, 2.24) is 15.0 Å². The van der Waals surface area contributed by atoms with Crippen molar-refractivity contribution in [2.75, 3.05) is 19.6 Å². The van der Waals surface area contributed by atoms with Gasteiger partial charge in [0.15, 0.2) is 0 Å². The van der Waals surface area contributed by atoms with Crippen LogP contribution in [0.3, 0.4) is 0 Å². The molecule has 1 saturated heterocycles. The topological polar surface area (TPSA) is 66.0 Å². The summed E-state index contributed by atoms with van der Waals surface area (Å²) in [7, 11) is 0. The Kier molecular flexibility index (Phi) is 4.32. The molecule has 3 rings (SSSR count). The Hall–Kier alpha value is -1.71. The van der Waals surface area contributed by atoms with Crippen molar-refractivity contribution in [3.8, 4) is 17.5 Å². The van der Waals surface area contributed by atoms with Gasteiger partial charge in [-0.25, -0.2) is 0 Å². The van der Waals surface area contributed by atoms with Crippen molar-refractivity contribution >= 4 is 15.9 Å². The zero-order valence-corrected chi connectivity index (χ0v) is 13.1. The second-order valence-corrected chi connectivity index (χ2v) is 6.00. The van der Waals surface area contributed by atoms with Crippen LogP contribution in [0.15, 0.2) is 33.3 Å². The predicted octanol–water partition coefficient (Wildman–Crippen LogP) is 3.20. The van der Waals surface area contributed by atoms with Crippen LogP contribution in [0.2, 0.25) is 0 Å². The van der Waals surface area contributed by atoms with Crippen molar-refractivity contribution in [3.63, 3.8) is 0 Å². The van der Waals surface area contributed by atoms with E-state index in [1.165, 1.54) is 0 Å². The molecule has 0 unspecified atom stereocenters. The molecule has 0 spiro atoms. The summed E-state index contributed by atoms with van der Waals surface area (Å²) >= 11 is 3.50. The molecule has 1 aromatic heterocycles. The Bertz CT molecular complexity index is 656. The van der Waals surface area contributed by atoms with Crippen LogP contribution in [-0.4, -0.2) is 34.7 Å². The predicted molar refractivity (Wildman–Crippen MR) is 81.5 cm³/mol. The molecule has 0 amide bonds. The van der Waals surface area contributed by atoms with E-state index >= 15 is 0 Å². The van der Waals surface area contributed by atoms with E-state index in [4.69, 9.17) is 9.78 Å². The van der Waals surface area contributed by atoms with Crippen LogP contribution in [0.25, 0.3) is 11.4 Å². The van der Waals surface area contributed by atoms with Gasteiger partial charge in [0, 0.05) is 16.0 Å². The summed E-state index contributed by atoms with van der Waals surface area (Å²) in [6.07, 6.45) is 1.92. The van der Waals surface area contributed by atoms with Crippen molar-refractivity contribution in [1.29, 1.82) is 5.26 Å². The lowest BCUT2D eigenvalue weighted by Gasteiger charge is -2.27. The van der Waals surface area contributed by atoms with E-state index < -0.39 is 0 Å². The van der Waals surface area contributed by atoms with Gasteiger partial charge < -0.3 is 4.52 Å². The highest BCUT2D eigenvalue weighted by Crippen LogP contribution is 2.30. The number of nitrogens with zero attached hydrogens (tertiary/aromatic N) is 4. The number of likely N-dealkylation sites (tertiary alicyclic amines) is 1. The number of benzene rings is 1. The molecule has 2 heterocycles. The van der Waals surface area contributed by atoms with E-state index in [-0.39, 0.29) is 0 Å². The smallest absolute Gasteiger partial charge is 0.230 e. The molecule has 1 aliphatic rings. The second-order valence-electron chi connectivity index (χ2n) is 5.14. The maximum atomic E-state index is 8.72. The largest absolute Gasteiger partial charge is 0.339 e. The van der Waals surface area contributed by atoms with Gasteiger partial charge in [-0.05, 0) is 38.1 Å². The zero-order valence-electron chi connectivity index (χ0n) is 11.5. The number of hydrogen-bond donors (Lipinski definition) is 0. The lowest BCUT2D eigenvalue weighted by atomic mass is 9.97. The third-order valence-corrected chi connectivity index (χ3v) is 4.48. The first-order valence-corrected chi connectivity index (χ1v) is 7.75. The van der Waals surface area contributed by atoms with Crippen LogP contribution < -0.4 is 0 Å². The summed E-state index contributed by atoms with van der Waals surface area (Å²) < 4.78 is 6.40. The maximum absolute atomic E-state index is 8.72. The van der Waals surface area contributed by atoms with Crippen LogP contribution in [0, 0.1) is 11.3 Å². The summed E-state index contributed by atoms with van der Waals surface area (Å²) in [6, 6.07) is 10.0. The number of piperidine rings is 1. The first-order chi connectivity index (χ1) is 10.3. The van der Waals surface area contributed by atoms with E-state index in [0.29, 0.717) is 24.2 Å². The standard InChI is InChI=1S/C15H15BrN4O/c16-13-4-2-1-3-12(13)14-18-15(21-19-14)11-5-8-20(9-6-11)10-7-17/h1-4,11H,5-6,8-10H2. The van der Waals surface area contributed by atoms with Gasteiger partial charge in [0.1, 0.15) is 0 Å². The van der Waals surface area contributed by atoms with Crippen molar-refractivity contribution < 1.29 is 4.52 Å². The monoisotopic (exact) mass is 346 g/mol. The van der Waals surface area contributed by atoms with Gasteiger partial charge >= 0.3 is 0 Å². The van der Waals surface area contributed by atoms with Gasteiger partial charge in [0.25, 0.3) is 0 Å². The summed E-state index contributed by atoms with van der Waals surface area (Å²) in [5, 5.41) is 12.8. The Balaban J connectivity index is 1.72. The Labute approximate surface area is 131 Å². The third kappa shape index (κ3) is 3.14. The maximum Gasteiger partial charge on any atom is 0.230 e. The first kappa shape index (κ1) is 14.2. The molecule has 0 saturated carbocycles. The second kappa shape index (κ2) is 6.37. The highest BCUT2D eigenvalue weighted by molar-refractivity contribution is 9.10. The number of hydrogen-bond acceptors (Lipinski definition) is 5. The molecule has 1 fully saturated rings. The van der Waals surface area contributed by atoms with E-state index in [1.54, 1.807) is 0 Å². The van der Waals surface area contributed by atoms with E-state index in [9.17, 15) is 0 Å². The van der Waals surface area contributed by atoms with Crippen LogP contribution in [0.4, 0.5) is 0 Å². The highest BCUT2D eigenvalue weighted by atomic mass is 79.9. The minimum Gasteiger partial charge on any atom is -0.339 e. The highest BCUT2D eigenvalue weighted by Gasteiger charge is 2.25. The van der Waals surface area contributed by atoms with Crippen LogP contribution in [-0.2, 0) is 0 Å². The first-order valence-electron chi connectivity index (χ1n) is 6.95. The molecule has 0 aliphatic carbocycles. The number of halogens is 1. The molecule has 0 N–H and O–H groups in total. The van der Waals surface area contributed by atoms with Crippen LogP contribution in [0.5, 0.6) is 0 Å². The van der Waals surface area contributed by atoms with Crippen molar-refractivity contribution in [2.24, 2.45) is 0 Å². The average Bonchev–Trinajstić information content (AvgIpc) is 2.98. The number of aromatic nitrogens is 2. The lowest BCUT2D eigenvalue weighted by molar-refractivity contribution is 0.212. The molecular formula is C15H15BrN4O. The van der Waals surface area contributed by atoms with Gasteiger partial charge in [-0.2, -0.15) is 10.2 Å². The zero-order chi connectivity index (χ0) is 14.7. The number of rotatable bonds is 3. The molecule has 0 bridgehead atoms. The molecule has 5 nitrogen and oxygen atoms in total. The fourth-order valence-corrected chi connectivity index (χ4v) is 3.05. The Morgan fingerprint density at radius 2 is 2.10 bits per heavy atom. The lowest BCUT2D eigenvalue weighted by Crippen LogP contribution is -2.33. The molecule has 108 valence electrons. The minimum atomic E-state index is 0.295. The normalized spacial score (nSPS) is 16.8. The fourth-order valence-electron chi connectivity index (χ4n) is 2.59. The van der Waals surface area contributed by atoms with Crippen molar-refractivity contribution in [2.45, 2.75) is 18.8 Å². The molecule has 1 aliphatic heterocycles. The van der Waals surface area contributed by atoms with Gasteiger partial charge in [0.05, 0.1) is 12.6 Å². The summed E-state index contributed by atoms with van der Waals surface area (Å²) in [5.41, 5.74) is 0.939. The van der Waals surface area contributed by atoms with E-state index in [2.05, 4.69) is 37.0 Å². The minimum absolute atomic E-state index is 0.295. The summed E-state index contributed by atoms with van der Waals surface area (Å²) in [5.74, 6) is 1.62. The summed E-state index contributed by atoms with van der Waals surface area (Å²) in [4.78, 5) is 6.70. The van der Waals surface area contributed by atoms with Gasteiger partial charge in [-0.15, -0.1) is 0 Å². The quantitative estimate of drug-likeness (QED) is 0.798. The van der Waals surface area contributed by atoms with Gasteiger partial charge in [-0.1, -0.05) is 33.2 Å². The summed E-state index contributed by atoms with van der Waals surface area (Å²) in [6.45, 7) is 2.31. The Morgan fingerprint density at radius 1 is 1.33 bits per heavy atom. The molecule has 21 heavy (non-hydrogen) atoms. The molecule has 0 atom stereocenters. The fraction of sp³-hybridized carbons (Fsp3) is 0.400. The van der Waals surface area contributed by atoms with Crippen LogP contribution in [0.1, 0.15) is 24.7 Å². The van der Waals surface area contributed by atoms with Gasteiger partial charge in [-0.3, -0.25) is 4.90 Å².